The summed E-state index contributed by atoms with van der Waals surface area (Å²) >= 11 is 0. The lowest BCUT2D eigenvalue weighted by Gasteiger charge is -2.35. The van der Waals surface area contributed by atoms with Gasteiger partial charge >= 0.3 is 6.18 Å². The molecule has 2 bridgehead atoms. The first-order valence-electron chi connectivity index (χ1n) is 4.84. The van der Waals surface area contributed by atoms with Crippen LogP contribution in [0.15, 0.2) is 0 Å². The van der Waals surface area contributed by atoms with Crippen LogP contribution in [0.3, 0.4) is 0 Å². The number of nitrogens with one attached hydrogen (secondary N) is 1. The van der Waals surface area contributed by atoms with Crippen molar-refractivity contribution in [3.8, 4) is 0 Å². The summed E-state index contributed by atoms with van der Waals surface area (Å²) in [4.78, 5) is 0. The van der Waals surface area contributed by atoms with E-state index in [-0.39, 0.29) is 0 Å². The molecule has 1 N–H and O–H groups in total. The molecular formula is C9H14F3N. The molecule has 0 amide bonds. The highest BCUT2D eigenvalue weighted by Crippen LogP contribution is 2.42. The smallest absolute Gasteiger partial charge is 0.308 e. The summed E-state index contributed by atoms with van der Waals surface area (Å²) in [5, 5.41) is 3.14. The van der Waals surface area contributed by atoms with Gasteiger partial charge in [0, 0.05) is 11.6 Å². The van der Waals surface area contributed by atoms with Crippen molar-refractivity contribution in [2.45, 2.75) is 56.3 Å². The Morgan fingerprint density at radius 2 is 2.00 bits per heavy atom. The topological polar surface area (TPSA) is 12.0 Å². The first kappa shape index (κ1) is 9.31. The van der Waals surface area contributed by atoms with Crippen LogP contribution in [0, 0.1) is 0 Å². The Morgan fingerprint density at radius 1 is 1.23 bits per heavy atom. The molecule has 0 aromatic rings. The van der Waals surface area contributed by atoms with E-state index < -0.39 is 18.1 Å². The first-order valence-corrected chi connectivity index (χ1v) is 4.84. The number of halogens is 3. The Balaban J connectivity index is 2.04. The van der Waals surface area contributed by atoms with Gasteiger partial charge in [-0.15, -0.1) is 0 Å². The molecule has 13 heavy (non-hydrogen) atoms. The lowest BCUT2D eigenvalue weighted by Crippen LogP contribution is -2.49. The van der Waals surface area contributed by atoms with E-state index in [0.717, 1.165) is 19.3 Å². The number of alkyl halides is 3. The van der Waals surface area contributed by atoms with E-state index in [1.165, 1.54) is 0 Å². The SMILES string of the molecule is FC(F)(F)CC12CCCC(CC1)N2. The van der Waals surface area contributed by atoms with Crippen LogP contribution < -0.4 is 5.32 Å². The predicted molar refractivity (Wildman–Crippen MR) is 43.4 cm³/mol. The van der Waals surface area contributed by atoms with Crippen molar-refractivity contribution in [3.63, 3.8) is 0 Å². The number of hydrogen-bond donors (Lipinski definition) is 1. The normalized spacial score (nSPS) is 39.5. The molecule has 0 spiro atoms. The summed E-state index contributed by atoms with van der Waals surface area (Å²) in [6.07, 6.45) is -0.320. The minimum atomic E-state index is -4.01. The number of hydrogen-bond acceptors (Lipinski definition) is 1. The first-order chi connectivity index (χ1) is 5.99. The maximum absolute atomic E-state index is 12.3. The zero-order valence-corrected chi connectivity index (χ0v) is 7.45. The second-order valence-electron chi connectivity index (χ2n) is 4.34. The third-order valence-corrected chi connectivity index (χ3v) is 3.23. The summed E-state index contributed by atoms with van der Waals surface area (Å²) in [6.45, 7) is 0. The van der Waals surface area contributed by atoms with Gasteiger partial charge in [-0.2, -0.15) is 13.2 Å². The van der Waals surface area contributed by atoms with Crippen LogP contribution >= 0.6 is 0 Å². The quantitative estimate of drug-likeness (QED) is 0.675. The summed E-state index contributed by atoms with van der Waals surface area (Å²) in [5.41, 5.74) is -0.596. The van der Waals surface area contributed by atoms with E-state index in [0.29, 0.717) is 18.9 Å². The third-order valence-electron chi connectivity index (χ3n) is 3.23. The van der Waals surface area contributed by atoms with Crippen LogP contribution in [0.25, 0.3) is 0 Å². The Kier molecular flexibility index (Phi) is 2.06. The van der Waals surface area contributed by atoms with Gasteiger partial charge in [-0.25, -0.2) is 0 Å². The summed E-state index contributed by atoms with van der Waals surface area (Å²) in [5.74, 6) is 0. The maximum Gasteiger partial charge on any atom is 0.390 e. The standard InChI is InChI=1S/C9H14F3N/c10-9(11,12)6-8-4-1-2-7(13-8)3-5-8/h7,13H,1-6H2. The fourth-order valence-electron chi connectivity index (χ4n) is 2.74. The van der Waals surface area contributed by atoms with Gasteiger partial charge in [0.2, 0.25) is 0 Å². The van der Waals surface area contributed by atoms with Crippen LogP contribution in [0.5, 0.6) is 0 Å². The van der Waals surface area contributed by atoms with E-state index in [2.05, 4.69) is 5.32 Å². The summed E-state index contributed by atoms with van der Waals surface area (Å²) < 4.78 is 36.8. The highest BCUT2D eigenvalue weighted by molar-refractivity contribution is 5.02. The van der Waals surface area contributed by atoms with Crippen molar-refractivity contribution in [1.29, 1.82) is 0 Å². The molecule has 1 nitrogen and oxygen atoms in total. The van der Waals surface area contributed by atoms with Crippen LogP contribution in [0.2, 0.25) is 0 Å². The Labute approximate surface area is 75.7 Å². The molecule has 2 heterocycles. The number of piperidine rings is 1. The maximum atomic E-state index is 12.3. The fraction of sp³-hybridized carbons (Fsp3) is 1.00. The molecule has 2 unspecified atom stereocenters. The Morgan fingerprint density at radius 3 is 2.69 bits per heavy atom. The van der Waals surface area contributed by atoms with Gasteiger partial charge in [-0.3, -0.25) is 0 Å². The lowest BCUT2D eigenvalue weighted by atomic mass is 9.87. The van der Waals surface area contributed by atoms with Crippen molar-refractivity contribution in [3.05, 3.63) is 0 Å². The largest absolute Gasteiger partial charge is 0.390 e. The molecule has 0 saturated carbocycles. The van der Waals surface area contributed by atoms with Crippen LogP contribution in [-0.2, 0) is 0 Å². The van der Waals surface area contributed by atoms with Gasteiger partial charge < -0.3 is 5.32 Å². The molecule has 2 atom stereocenters. The third kappa shape index (κ3) is 1.98. The molecule has 0 aromatic carbocycles. The molecule has 2 aliphatic heterocycles. The minimum Gasteiger partial charge on any atom is -0.308 e. The molecule has 0 radical (unpaired) electrons. The zero-order chi connectivity index (χ0) is 9.53. The molecule has 76 valence electrons. The summed E-state index contributed by atoms with van der Waals surface area (Å²) in [6, 6.07) is 0.357. The van der Waals surface area contributed by atoms with Gasteiger partial charge in [0.25, 0.3) is 0 Å². The average molecular weight is 193 g/mol. The highest BCUT2D eigenvalue weighted by Gasteiger charge is 2.48. The zero-order valence-electron chi connectivity index (χ0n) is 7.45. The van der Waals surface area contributed by atoms with E-state index in [9.17, 15) is 13.2 Å². The Hall–Kier alpha value is -0.250. The Bertz CT molecular complexity index is 198. The van der Waals surface area contributed by atoms with Crippen LogP contribution in [-0.4, -0.2) is 17.8 Å². The molecular weight excluding hydrogens is 179 g/mol. The molecule has 0 aromatic heterocycles. The molecule has 0 aliphatic carbocycles. The molecule has 4 heteroatoms. The van der Waals surface area contributed by atoms with Gasteiger partial charge in [-0.05, 0) is 25.7 Å². The van der Waals surface area contributed by atoms with Gasteiger partial charge in [-0.1, -0.05) is 6.42 Å². The predicted octanol–water partition coefficient (Wildman–Crippen LogP) is 2.61. The second kappa shape index (κ2) is 2.87. The fourth-order valence-corrected chi connectivity index (χ4v) is 2.74. The van der Waals surface area contributed by atoms with E-state index in [4.69, 9.17) is 0 Å². The van der Waals surface area contributed by atoms with E-state index >= 15 is 0 Å². The minimum absolute atomic E-state index is 0.357. The molecule has 2 rings (SSSR count). The van der Waals surface area contributed by atoms with Crippen LogP contribution in [0.1, 0.15) is 38.5 Å². The highest BCUT2D eigenvalue weighted by atomic mass is 19.4. The van der Waals surface area contributed by atoms with Gasteiger partial charge in [0.1, 0.15) is 0 Å². The second-order valence-corrected chi connectivity index (χ2v) is 4.34. The van der Waals surface area contributed by atoms with Crippen LogP contribution in [0.4, 0.5) is 13.2 Å². The van der Waals surface area contributed by atoms with Crippen molar-refractivity contribution < 1.29 is 13.2 Å². The molecule has 2 aliphatic rings. The lowest BCUT2D eigenvalue weighted by molar-refractivity contribution is -0.151. The number of rotatable bonds is 1. The average Bonchev–Trinajstić information content (AvgIpc) is 2.23. The van der Waals surface area contributed by atoms with E-state index in [1.54, 1.807) is 0 Å². The van der Waals surface area contributed by atoms with Crippen molar-refractivity contribution in [1.82, 2.24) is 5.32 Å². The molecule has 2 fully saturated rings. The monoisotopic (exact) mass is 193 g/mol. The van der Waals surface area contributed by atoms with Crippen molar-refractivity contribution in [2.75, 3.05) is 0 Å². The molecule has 2 saturated heterocycles. The van der Waals surface area contributed by atoms with Gasteiger partial charge in [0.15, 0.2) is 0 Å². The van der Waals surface area contributed by atoms with E-state index in [1.807, 2.05) is 0 Å². The number of fused-ring (bicyclic) bond motifs is 2. The van der Waals surface area contributed by atoms with Crippen molar-refractivity contribution >= 4 is 0 Å². The van der Waals surface area contributed by atoms with Gasteiger partial charge in [0.05, 0.1) is 6.42 Å². The van der Waals surface area contributed by atoms with Crippen molar-refractivity contribution in [2.24, 2.45) is 0 Å². The summed E-state index contributed by atoms with van der Waals surface area (Å²) in [7, 11) is 0.